The molecule has 21 heavy (non-hydrogen) atoms. The molecule has 0 N–H and O–H groups in total. The predicted molar refractivity (Wildman–Crippen MR) is 75.5 cm³/mol. The minimum atomic E-state index is -3.61. The number of sulfonamides is 1. The topological polar surface area (TPSA) is 72.6 Å². The van der Waals surface area contributed by atoms with E-state index in [1.54, 1.807) is 18.3 Å². The molecule has 3 rings (SSSR count). The van der Waals surface area contributed by atoms with Crippen molar-refractivity contribution in [1.82, 2.24) is 9.46 Å². The molecule has 6 nitrogen and oxygen atoms in total. The van der Waals surface area contributed by atoms with Crippen LogP contribution in [0.3, 0.4) is 0 Å². The smallest absolute Gasteiger partial charge is 0.247 e. The lowest BCUT2D eigenvalue weighted by Gasteiger charge is -2.25. The van der Waals surface area contributed by atoms with Crippen LogP contribution in [0.1, 0.15) is 16.9 Å². The zero-order valence-electron chi connectivity index (χ0n) is 11.9. The zero-order valence-corrected chi connectivity index (χ0v) is 12.7. The lowest BCUT2D eigenvalue weighted by atomic mass is 10.1. The molecule has 0 fully saturated rings. The fraction of sp³-hybridized carbons (Fsp3) is 0.357. The van der Waals surface area contributed by atoms with E-state index in [0.29, 0.717) is 18.7 Å². The maximum absolute atomic E-state index is 12.8. The Bertz CT molecular complexity index is 767. The summed E-state index contributed by atoms with van der Waals surface area (Å²) in [5.74, 6) is 1.12. The highest BCUT2D eigenvalue weighted by atomic mass is 32.2. The summed E-state index contributed by atoms with van der Waals surface area (Å²) >= 11 is 0. The third-order valence-electron chi connectivity index (χ3n) is 3.60. The summed E-state index contributed by atoms with van der Waals surface area (Å²) in [6.45, 7) is 2.51. The molecule has 0 spiro atoms. The second-order valence-corrected chi connectivity index (χ2v) is 6.92. The van der Waals surface area contributed by atoms with E-state index in [1.807, 2.05) is 13.0 Å². The number of methoxy groups -OCH3 is 1. The normalized spacial score (nSPS) is 15.7. The molecule has 0 unspecified atom stereocenters. The van der Waals surface area contributed by atoms with E-state index in [1.165, 1.54) is 11.4 Å². The first-order valence-electron chi connectivity index (χ1n) is 6.59. The number of hydrogen-bond acceptors (Lipinski definition) is 5. The van der Waals surface area contributed by atoms with E-state index >= 15 is 0 Å². The van der Waals surface area contributed by atoms with Gasteiger partial charge in [0.1, 0.15) is 16.4 Å². The standard InChI is InChI=1S/C14H16N2O4S/c1-10-3-4-13(19-2)14(7-10)21(17,18)16-6-5-12-11(9-16)8-15-20-12/h3-4,7-8H,5-6,9H2,1-2H3. The Morgan fingerprint density at radius 2 is 2.19 bits per heavy atom. The van der Waals surface area contributed by atoms with Gasteiger partial charge in [-0.3, -0.25) is 0 Å². The molecule has 0 aliphatic carbocycles. The summed E-state index contributed by atoms with van der Waals surface area (Å²) in [6.07, 6.45) is 2.10. The van der Waals surface area contributed by atoms with Crippen molar-refractivity contribution in [1.29, 1.82) is 0 Å². The molecule has 0 bridgehead atoms. The van der Waals surface area contributed by atoms with Crippen LogP contribution in [-0.4, -0.2) is 31.5 Å². The van der Waals surface area contributed by atoms with Crippen LogP contribution in [0.4, 0.5) is 0 Å². The largest absolute Gasteiger partial charge is 0.495 e. The third-order valence-corrected chi connectivity index (χ3v) is 5.47. The van der Waals surface area contributed by atoms with Crippen LogP contribution in [0.2, 0.25) is 0 Å². The van der Waals surface area contributed by atoms with Gasteiger partial charge in [0, 0.05) is 25.1 Å². The second kappa shape index (κ2) is 5.16. The van der Waals surface area contributed by atoms with Gasteiger partial charge in [-0.2, -0.15) is 4.31 Å². The molecule has 0 amide bonds. The summed E-state index contributed by atoms with van der Waals surface area (Å²) in [5, 5.41) is 3.72. The molecule has 0 radical (unpaired) electrons. The molecule has 2 aromatic rings. The molecule has 2 heterocycles. The van der Waals surface area contributed by atoms with Gasteiger partial charge < -0.3 is 9.26 Å². The van der Waals surface area contributed by atoms with Crippen LogP contribution in [0.5, 0.6) is 5.75 Å². The van der Waals surface area contributed by atoms with Crippen molar-refractivity contribution in [3.05, 3.63) is 41.3 Å². The molecule has 1 aromatic carbocycles. The van der Waals surface area contributed by atoms with Crippen LogP contribution < -0.4 is 4.74 Å². The fourth-order valence-electron chi connectivity index (χ4n) is 2.44. The van der Waals surface area contributed by atoms with Crippen molar-refractivity contribution in [2.24, 2.45) is 0 Å². The van der Waals surface area contributed by atoms with E-state index in [-0.39, 0.29) is 11.4 Å². The molecule has 0 saturated heterocycles. The van der Waals surface area contributed by atoms with E-state index in [0.717, 1.165) is 16.9 Å². The molecule has 1 aliphatic heterocycles. The van der Waals surface area contributed by atoms with Gasteiger partial charge in [0.15, 0.2) is 0 Å². The minimum Gasteiger partial charge on any atom is -0.495 e. The van der Waals surface area contributed by atoms with Crippen LogP contribution >= 0.6 is 0 Å². The van der Waals surface area contributed by atoms with Crippen molar-refractivity contribution in [2.45, 2.75) is 24.8 Å². The van der Waals surface area contributed by atoms with Gasteiger partial charge in [-0.05, 0) is 24.6 Å². The number of hydrogen-bond donors (Lipinski definition) is 0. The van der Waals surface area contributed by atoms with Gasteiger partial charge in [0.05, 0.1) is 13.3 Å². The predicted octanol–water partition coefficient (Wildman–Crippen LogP) is 1.74. The number of fused-ring (bicyclic) bond motifs is 1. The van der Waals surface area contributed by atoms with Crippen molar-refractivity contribution in [3.8, 4) is 5.75 Å². The van der Waals surface area contributed by atoms with Crippen molar-refractivity contribution < 1.29 is 17.7 Å². The molecule has 112 valence electrons. The summed E-state index contributed by atoms with van der Waals surface area (Å²) < 4.78 is 37.4. The van der Waals surface area contributed by atoms with Gasteiger partial charge in [-0.1, -0.05) is 11.2 Å². The van der Waals surface area contributed by atoms with Crippen molar-refractivity contribution >= 4 is 10.0 Å². The van der Waals surface area contributed by atoms with Gasteiger partial charge in [-0.25, -0.2) is 8.42 Å². The Morgan fingerprint density at radius 1 is 1.38 bits per heavy atom. The van der Waals surface area contributed by atoms with E-state index < -0.39 is 10.0 Å². The monoisotopic (exact) mass is 308 g/mol. The summed E-state index contributed by atoms with van der Waals surface area (Å²) in [6, 6.07) is 5.14. The number of aromatic nitrogens is 1. The highest BCUT2D eigenvalue weighted by Gasteiger charge is 2.32. The van der Waals surface area contributed by atoms with Gasteiger partial charge >= 0.3 is 0 Å². The number of benzene rings is 1. The van der Waals surface area contributed by atoms with Crippen LogP contribution in [-0.2, 0) is 23.0 Å². The first-order valence-corrected chi connectivity index (χ1v) is 8.03. The van der Waals surface area contributed by atoms with Crippen LogP contribution in [0, 0.1) is 6.92 Å². The van der Waals surface area contributed by atoms with E-state index in [2.05, 4.69) is 5.16 Å². The Morgan fingerprint density at radius 3 is 2.95 bits per heavy atom. The van der Waals surface area contributed by atoms with Crippen molar-refractivity contribution in [2.75, 3.05) is 13.7 Å². The number of ether oxygens (including phenoxy) is 1. The number of nitrogens with zero attached hydrogens (tertiary/aromatic N) is 2. The maximum Gasteiger partial charge on any atom is 0.247 e. The first-order chi connectivity index (χ1) is 10.0. The first kappa shape index (κ1) is 14.1. The average molecular weight is 308 g/mol. The third kappa shape index (κ3) is 2.43. The second-order valence-electron chi connectivity index (χ2n) is 5.02. The summed E-state index contributed by atoms with van der Waals surface area (Å²) in [4.78, 5) is 0.199. The van der Waals surface area contributed by atoms with E-state index in [4.69, 9.17) is 9.26 Å². The summed E-state index contributed by atoms with van der Waals surface area (Å²) in [5.41, 5.74) is 1.69. The Kier molecular flexibility index (Phi) is 3.46. The lowest BCUT2D eigenvalue weighted by Crippen LogP contribution is -2.35. The van der Waals surface area contributed by atoms with Crippen LogP contribution in [0.15, 0.2) is 33.8 Å². The van der Waals surface area contributed by atoms with Crippen LogP contribution in [0.25, 0.3) is 0 Å². The molecule has 7 heteroatoms. The molecular formula is C14H16N2O4S. The Hall–Kier alpha value is -1.86. The van der Waals surface area contributed by atoms with Crippen molar-refractivity contribution in [3.63, 3.8) is 0 Å². The summed E-state index contributed by atoms with van der Waals surface area (Å²) in [7, 11) is -2.14. The number of rotatable bonds is 3. The highest BCUT2D eigenvalue weighted by molar-refractivity contribution is 7.89. The minimum absolute atomic E-state index is 0.199. The average Bonchev–Trinajstić information content (AvgIpc) is 2.94. The maximum atomic E-state index is 12.8. The number of aryl methyl sites for hydroxylation is 1. The van der Waals surface area contributed by atoms with Gasteiger partial charge in [0.25, 0.3) is 0 Å². The molecule has 1 aliphatic rings. The van der Waals surface area contributed by atoms with Gasteiger partial charge in [-0.15, -0.1) is 0 Å². The quantitative estimate of drug-likeness (QED) is 0.863. The lowest BCUT2D eigenvalue weighted by molar-refractivity contribution is 0.329. The van der Waals surface area contributed by atoms with Gasteiger partial charge in [0.2, 0.25) is 10.0 Å². The molecule has 0 saturated carbocycles. The Labute approximate surface area is 123 Å². The SMILES string of the molecule is COc1ccc(C)cc1S(=O)(=O)N1CCc2oncc2C1. The highest BCUT2D eigenvalue weighted by Crippen LogP contribution is 2.30. The zero-order chi connectivity index (χ0) is 15.0. The van der Waals surface area contributed by atoms with E-state index in [9.17, 15) is 8.42 Å². The molecule has 1 aromatic heterocycles. The molecular weight excluding hydrogens is 292 g/mol. The Balaban J connectivity index is 2.00. The molecule has 0 atom stereocenters. The fourth-order valence-corrected chi connectivity index (χ4v) is 4.10.